The Morgan fingerprint density at radius 1 is 1.11 bits per heavy atom. The second-order valence-electron chi connectivity index (χ2n) is 4.37. The molecule has 0 aromatic rings. The van der Waals surface area contributed by atoms with E-state index in [0.717, 1.165) is 19.3 Å². The molecule has 0 unspecified atom stereocenters. The molecule has 0 saturated carbocycles. The van der Waals surface area contributed by atoms with Crippen LogP contribution in [0.1, 0.15) is 40.0 Å². The van der Waals surface area contributed by atoms with Crippen LogP contribution in [0.15, 0.2) is 12.2 Å². The molecule has 4 nitrogen and oxygen atoms in total. The fourth-order valence-electron chi connectivity index (χ4n) is 1.95. The fraction of sp³-hybridized carbons (Fsp3) is 0.857. The van der Waals surface area contributed by atoms with E-state index in [4.69, 9.17) is 14.2 Å². The van der Waals surface area contributed by atoms with Gasteiger partial charge in [0.1, 0.15) is 12.2 Å². The third-order valence-electron chi connectivity index (χ3n) is 2.90. The van der Waals surface area contributed by atoms with Crippen molar-refractivity contribution in [1.82, 2.24) is 0 Å². The van der Waals surface area contributed by atoms with Crippen molar-refractivity contribution in [2.45, 2.75) is 64.6 Å². The monoisotopic (exact) mass is 258 g/mol. The first-order chi connectivity index (χ1) is 8.74. The van der Waals surface area contributed by atoms with Gasteiger partial charge < -0.3 is 19.3 Å². The number of hydrogen-bond acceptors (Lipinski definition) is 4. The molecule has 1 fully saturated rings. The summed E-state index contributed by atoms with van der Waals surface area (Å²) in [5.74, 6) is 0. The number of epoxide rings is 1. The molecule has 1 aliphatic rings. The molecule has 4 heteroatoms. The van der Waals surface area contributed by atoms with Crippen LogP contribution >= 0.6 is 0 Å². The summed E-state index contributed by atoms with van der Waals surface area (Å²) in [6.45, 7) is 7.13. The Balaban J connectivity index is 2.26. The van der Waals surface area contributed by atoms with Crippen molar-refractivity contribution in [2.75, 3.05) is 13.2 Å². The van der Waals surface area contributed by atoms with Crippen LogP contribution in [0.3, 0.4) is 0 Å². The molecule has 18 heavy (non-hydrogen) atoms. The van der Waals surface area contributed by atoms with Crippen molar-refractivity contribution in [3.8, 4) is 0 Å². The van der Waals surface area contributed by atoms with Crippen LogP contribution in [0.4, 0.5) is 0 Å². The van der Waals surface area contributed by atoms with E-state index in [9.17, 15) is 5.11 Å². The third-order valence-corrected chi connectivity index (χ3v) is 2.90. The van der Waals surface area contributed by atoms with Gasteiger partial charge in [-0.25, -0.2) is 0 Å². The molecule has 3 atom stereocenters. The summed E-state index contributed by atoms with van der Waals surface area (Å²) in [7, 11) is 0. The van der Waals surface area contributed by atoms with Gasteiger partial charge in [0.25, 0.3) is 0 Å². The lowest BCUT2D eigenvalue weighted by atomic mass is 10.1. The van der Waals surface area contributed by atoms with Crippen LogP contribution in [0.5, 0.6) is 0 Å². The highest BCUT2D eigenvalue weighted by atomic mass is 16.7. The number of rotatable bonds is 10. The zero-order valence-electron chi connectivity index (χ0n) is 11.7. The van der Waals surface area contributed by atoms with Gasteiger partial charge in [0, 0.05) is 13.2 Å². The summed E-state index contributed by atoms with van der Waals surface area (Å²) in [5.41, 5.74) is 0. The summed E-state index contributed by atoms with van der Waals surface area (Å²) in [6, 6.07) is 0. The first kappa shape index (κ1) is 15.6. The molecule has 0 aromatic carbocycles. The van der Waals surface area contributed by atoms with Gasteiger partial charge >= 0.3 is 0 Å². The maximum atomic E-state index is 9.97. The van der Waals surface area contributed by atoms with Gasteiger partial charge in [-0.15, -0.1) is 0 Å². The van der Waals surface area contributed by atoms with E-state index in [1.54, 1.807) is 0 Å². The summed E-state index contributed by atoms with van der Waals surface area (Å²) >= 11 is 0. The van der Waals surface area contributed by atoms with Crippen LogP contribution in [-0.2, 0) is 14.2 Å². The summed E-state index contributed by atoms with van der Waals surface area (Å²) in [4.78, 5) is 0. The predicted molar refractivity (Wildman–Crippen MR) is 70.4 cm³/mol. The van der Waals surface area contributed by atoms with Crippen LogP contribution in [0, 0.1) is 0 Å². The summed E-state index contributed by atoms with van der Waals surface area (Å²) in [6.07, 6.45) is 5.83. The van der Waals surface area contributed by atoms with E-state index in [1.807, 2.05) is 13.8 Å². The minimum absolute atomic E-state index is 0.116. The Morgan fingerprint density at radius 3 is 2.33 bits per heavy atom. The number of ether oxygens (including phenoxy) is 3. The van der Waals surface area contributed by atoms with Crippen LogP contribution in [0.2, 0.25) is 0 Å². The Bertz CT molecular complexity index is 236. The molecule has 1 heterocycles. The molecule has 1 N–H and O–H groups in total. The second kappa shape index (κ2) is 8.64. The minimum atomic E-state index is -0.431. The van der Waals surface area contributed by atoms with Crippen molar-refractivity contribution < 1.29 is 19.3 Å². The molecule has 106 valence electrons. The second-order valence-corrected chi connectivity index (χ2v) is 4.37. The van der Waals surface area contributed by atoms with Gasteiger partial charge in [0.05, 0.1) is 6.10 Å². The molecule has 0 aliphatic carbocycles. The lowest BCUT2D eigenvalue weighted by Gasteiger charge is -2.15. The average molecular weight is 258 g/mol. The molecule has 0 spiro atoms. The fourth-order valence-corrected chi connectivity index (χ4v) is 1.95. The Kier molecular flexibility index (Phi) is 7.51. The number of aliphatic hydroxyl groups excluding tert-OH is 1. The Labute approximate surface area is 110 Å². The highest BCUT2D eigenvalue weighted by molar-refractivity contribution is 4.94. The number of allylic oxidation sites excluding steroid dienone is 2. The molecule has 1 rings (SSSR count). The van der Waals surface area contributed by atoms with Gasteiger partial charge in [-0.2, -0.15) is 0 Å². The topological polar surface area (TPSA) is 51.2 Å². The highest BCUT2D eigenvalue weighted by Gasteiger charge is 2.50. The summed E-state index contributed by atoms with van der Waals surface area (Å²) < 4.78 is 16.4. The van der Waals surface area contributed by atoms with Crippen molar-refractivity contribution >= 4 is 0 Å². The Hall–Kier alpha value is -0.420. The normalized spacial score (nSPS) is 24.9. The van der Waals surface area contributed by atoms with E-state index < -0.39 is 6.10 Å². The quantitative estimate of drug-likeness (QED) is 0.371. The molecule has 0 aromatic heterocycles. The lowest BCUT2D eigenvalue weighted by Crippen LogP contribution is -2.28. The largest absolute Gasteiger partial charge is 0.390 e. The van der Waals surface area contributed by atoms with Gasteiger partial charge in [-0.05, 0) is 33.1 Å². The van der Waals surface area contributed by atoms with E-state index in [0.29, 0.717) is 13.2 Å². The lowest BCUT2D eigenvalue weighted by molar-refractivity contribution is -0.147. The SMILES string of the molecule is CC/C=C/CC[C@H](O)[C@H]1O[C@H]1C(OCC)OCC. The van der Waals surface area contributed by atoms with Crippen molar-refractivity contribution in [2.24, 2.45) is 0 Å². The van der Waals surface area contributed by atoms with Crippen molar-refractivity contribution in [3.63, 3.8) is 0 Å². The Morgan fingerprint density at radius 2 is 1.78 bits per heavy atom. The van der Waals surface area contributed by atoms with Crippen LogP contribution in [0.25, 0.3) is 0 Å². The summed E-state index contributed by atoms with van der Waals surface area (Å²) in [5, 5.41) is 9.97. The molecular weight excluding hydrogens is 232 g/mol. The standard InChI is InChI=1S/C14H26O4/c1-4-7-8-9-10-11(15)12-13(18-12)14(16-5-2)17-6-3/h7-8,11-15H,4-6,9-10H2,1-3H3/b8-7+/t11-,12+,13+/m0/s1. The number of hydrogen-bond donors (Lipinski definition) is 1. The van der Waals surface area contributed by atoms with E-state index >= 15 is 0 Å². The van der Waals surface area contributed by atoms with Crippen molar-refractivity contribution in [1.29, 1.82) is 0 Å². The van der Waals surface area contributed by atoms with Gasteiger partial charge in [-0.3, -0.25) is 0 Å². The zero-order chi connectivity index (χ0) is 13.4. The van der Waals surface area contributed by atoms with Crippen LogP contribution < -0.4 is 0 Å². The van der Waals surface area contributed by atoms with E-state index in [1.165, 1.54) is 0 Å². The highest BCUT2D eigenvalue weighted by Crippen LogP contribution is 2.32. The first-order valence-corrected chi connectivity index (χ1v) is 6.96. The molecule has 0 radical (unpaired) electrons. The molecule has 1 saturated heterocycles. The first-order valence-electron chi connectivity index (χ1n) is 6.96. The van der Waals surface area contributed by atoms with Crippen LogP contribution in [-0.4, -0.2) is 42.9 Å². The van der Waals surface area contributed by atoms with Gasteiger partial charge in [-0.1, -0.05) is 19.1 Å². The predicted octanol–water partition coefficient (Wildman–Crippen LogP) is 2.26. The molecule has 0 bridgehead atoms. The maximum Gasteiger partial charge on any atom is 0.186 e. The minimum Gasteiger partial charge on any atom is -0.390 e. The van der Waals surface area contributed by atoms with E-state index in [-0.39, 0.29) is 18.5 Å². The molecule has 0 amide bonds. The molecule has 1 aliphatic heterocycles. The smallest absolute Gasteiger partial charge is 0.186 e. The third kappa shape index (κ3) is 5.06. The maximum absolute atomic E-state index is 9.97. The van der Waals surface area contributed by atoms with Gasteiger partial charge in [0.15, 0.2) is 6.29 Å². The van der Waals surface area contributed by atoms with Gasteiger partial charge in [0.2, 0.25) is 0 Å². The average Bonchev–Trinajstić information content (AvgIpc) is 3.14. The zero-order valence-corrected chi connectivity index (χ0v) is 11.7. The molecular formula is C14H26O4. The van der Waals surface area contributed by atoms with Crippen molar-refractivity contribution in [3.05, 3.63) is 12.2 Å². The van der Waals surface area contributed by atoms with E-state index in [2.05, 4.69) is 19.1 Å². The number of aliphatic hydroxyl groups is 1.